The van der Waals surface area contributed by atoms with Crippen LogP contribution in [0.5, 0.6) is 0 Å². The van der Waals surface area contributed by atoms with Gasteiger partial charge in [0.05, 0.1) is 12.1 Å². The van der Waals surface area contributed by atoms with Crippen molar-refractivity contribution in [2.24, 2.45) is 5.10 Å². The minimum absolute atomic E-state index is 0.0507. The molecule has 0 unspecified atom stereocenters. The summed E-state index contributed by atoms with van der Waals surface area (Å²) in [4.78, 5) is 23.2. The molecule has 24 heavy (non-hydrogen) atoms. The van der Waals surface area contributed by atoms with E-state index >= 15 is 0 Å². The fourth-order valence-corrected chi connectivity index (χ4v) is 2.93. The molecule has 0 radical (unpaired) electrons. The van der Waals surface area contributed by atoms with E-state index in [1.54, 1.807) is 6.92 Å². The van der Waals surface area contributed by atoms with Gasteiger partial charge in [0.1, 0.15) is 5.76 Å². The van der Waals surface area contributed by atoms with Crippen molar-refractivity contribution >= 4 is 17.6 Å². The van der Waals surface area contributed by atoms with E-state index in [-0.39, 0.29) is 18.1 Å². The van der Waals surface area contributed by atoms with E-state index in [1.807, 2.05) is 30.3 Å². The zero-order valence-corrected chi connectivity index (χ0v) is 13.3. The number of carboxylic acids is 1. The Bertz CT molecular complexity index is 806. The number of aromatic carboxylic acids is 1. The highest BCUT2D eigenvalue weighted by Crippen LogP contribution is 2.29. The third kappa shape index (κ3) is 3.22. The average molecular weight is 326 g/mol. The van der Waals surface area contributed by atoms with Crippen LogP contribution in [0.3, 0.4) is 0 Å². The van der Waals surface area contributed by atoms with Crippen LogP contribution in [0.4, 0.5) is 0 Å². The Morgan fingerprint density at radius 3 is 2.71 bits per heavy atom. The molecule has 2 N–H and O–H groups in total. The molecule has 124 valence electrons. The summed E-state index contributed by atoms with van der Waals surface area (Å²) in [6, 6.07) is 9.41. The third-order valence-corrected chi connectivity index (χ3v) is 4.04. The zero-order valence-electron chi connectivity index (χ0n) is 13.3. The van der Waals surface area contributed by atoms with Gasteiger partial charge in [-0.05, 0) is 25.3 Å². The molecule has 0 saturated carbocycles. The number of amides is 1. The lowest BCUT2D eigenvalue weighted by Gasteiger charge is -2.13. The van der Waals surface area contributed by atoms with Crippen LogP contribution in [0.2, 0.25) is 0 Å². The monoisotopic (exact) mass is 326 g/mol. The number of carbonyl (C=O) groups is 2. The van der Waals surface area contributed by atoms with Gasteiger partial charge in [-0.25, -0.2) is 10.2 Å². The Morgan fingerprint density at radius 1 is 1.25 bits per heavy atom. The van der Waals surface area contributed by atoms with Gasteiger partial charge in [0.2, 0.25) is 11.7 Å². The molecule has 0 bridgehead atoms. The second-order valence-corrected chi connectivity index (χ2v) is 5.77. The highest BCUT2D eigenvalue weighted by Gasteiger charge is 2.27. The van der Waals surface area contributed by atoms with Gasteiger partial charge < -0.3 is 9.52 Å². The van der Waals surface area contributed by atoms with Crippen molar-refractivity contribution in [1.29, 1.82) is 0 Å². The van der Waals surface area contributed by atoms with Gasteiger partial charge in [-0.1, -0.05) is 30.3 Å². The van der Waals surface area contributed by atoms with Crippen LogP contribution in [0.25, 0.3) is 0 Å². The van der Waals surface area contributed by atoms with Gasteiger partial charge in [0.15, 0.2) is 0 Å². The number of furan rings is 1. The van der Waals surface area contributed by atoms with Crippen molar-refractivity contribution < 1.29 is 19.1 Å². The van der Waals surface area contributed by atoms with E-state index in [0.717, 1.165) is 17.5 Å². The van der Waals surface area contributed by atoms with Crippen LogP contribution < -0.4 is 5.43 Å². The number of nitrogens with zero attached hydrogens (tertiary/aromatic N) is 1. The number of nitrogens with one attached hydrogen (secondary N) is 1. The minimum Gasteiger partial charge on any atom is -0.475 e. The van der Waals surface area contributed by atoms with Gasteiger partial charge in [-0.3, -0.25) is 4.79 Å². The maximum Gasteiger partial charge on any atom is 0.372 e. The second-order valence-electron chi connectivity index (χ2n) is 5.77. The lowest BCUT2D eigenvalue weighted by atomic mass is 9.93. The lowest BCUT2D eigenvalue weighted by molar-refractivity contribution is -0.120. The number of rotatable bonds is 4. The molecule has 6 heteroatoms. The maximum atomic E-state index is 12.0. The summed E-state index contributed by atoms with van der Waals surface area (Å²) in [5, 5.41) is 13.4. The first-order chi connectivity index (χ1) is 11.6. The molecule has 3 rings (SSSR count). The summed E-state index contributed by atoms with van der Waals surface area (Å²) in [5.41, 5.74) is 5.43. The van der Waals surface area contributed by atoms with Crippen LogP contribution in [0.15, 0.2) is 39.9 Å². The highest BCUT2D eigenvalue weighted by atomic mass is 16.4. The van der Waals surface area contributed by atoms with Crippen molar-refractivity contribution in [2.45, 2.75) is 32.6 Å². The van der Waals surface area contributed by atoms with Gasteiger partial charge in [-0.15, -0.1) is 0 Å². The van der Waals surface area contributed by atoms with E-state index in [1.165, 1.54) is 0 Å². The smallest absolute Gasteiger partial charge is 0.372 e. The van der Waals surface area contributed by atoms with E-state index < -0.39 is 5.97 Å². The highest BCUT2D eigenvalue weighted by molar-refractivity contribution is 6.05. The predicted molar refractivity (Wildman–Crippen MR) is 88.2 cm³/mol. The molecule has 1 aliphatic carbocycles. The van der Waals surface area contributed by atoms with Gasteiger partial charge in [0.25, 0.3) is 0 Å². The molecule has 2 aromatic rings. The normalized spacial score (nSPS) is 15.1. The van der Waals surface area contributed by atoms with Crippen molar-refractivity contribution in [1.82, 2.24) is 5.43 Å². The Kier molecular flexibility index (Phi) is 4.46. The maximum absolute atomic E-state index is 12.0. The number of hydrogen-bond acceptors (Lipinski definition) is 4. The summed E-state index contributed by atoms with van der Waals surface area (Å²) in [6.45, 7) is 1.71. The summed E-state index contributed by atoms with van der Waals surface area (Å²) in [5.74, 6) is -0.716. The number of fused-ring (bicyclic) bond motifs is 1. The van der Waals surface area contributed by atoms with E-state index in [0.29, 0.717) is 29.9 Å². The molecule has 1 aromatic carbocycles. The number of benzene rings is 1. The number of carboxylic acid groups (broad SMARTS) is 1. The Hall–Kier alpha value is -2.89. The molecular weight excluding hydrogens is 308 g/mol. The SMILES string of the molecule is Cc1c(C(=O)O)oc2c1/C(=N/NC(=O)Cc1ccccc1)CCC2. The topological polar surface area (TPSA) is 91.9 Å². The Morgan fingerprint density at radius 2 is 2.00 bits per heavy atom. The first kappa shape index (κ1) is 16.0. The Balaban J connectivity index is 1.78. The lowest BCUT2D eigenvalue weighted by Crippen LogP contribution is -2.23. The summed E-state index contributed by atoms with van der Waals surface area (Å²) in [7, 11) is 0. The quantitative estimate of drug-likeness (QED) is 0.845. The first-order valence-corrected chi connectivity index (χ1v) is 7.81. The first-order valence-electron chi connectivity index (χ1n) is 7.81. The average Bonchev–Trinajstić information content (AvgIpc) is 2.92. The molecule has 1 heterocycles. The number of carbonyl (C=O) groups excluding carboxylic acids is 1. The summed E-state index contributed by atoms with van der Waals surface area (Å²) >= 11 is 0. The van der Waals surface area contributed by atoms with Crippen LogP contribution in [-0.4, -0.2) is 22.7 Å². The second kappa shape index (κ2) is 6.70. The zero-order chi connectivity index (χ0) is 17.1. The molecule has 0 spiro atoms. The van der Waals surface area contributed by atoms with E-state index in [4.69, 9.17) is 4.42 Å². The summed E-state index contributed by atoms with van der Waals surface area (Å²) < 4.78 is 5.44. The van der Waals surface area contributed by atoms with Crippen LogP contribution >= 0.6 is 0 Å². The fourth-order valence-electron chi connectivity index (χ4n) is 2.93. The molecule has 0 fully saturated rings. The standard InChI is InChI=1S/C18H18N2O4/c1-11-16-13(8-5-9-14(16)24-17(11)18(22)23)19-20-15(21)10-12-6-3-2-4-7-12/h2-4,6-7H,5,8-10H2,1H3,(H,20,21)(H,22,23)/b19-13+. The largest absolute Gasteiger partial charge is 0.475 e. The number of aryl methyl sites for hydroxylation is 1. The number of hydrazone groups is 1. The molecule has 0 aliphatic heterocycles. The summed E-state index contributed by atoms with van der Waals surface area (Å²) in [6.07, 6.45) is 2.42. The minimum atomic E-state index is -1.09. The van der Waals surface area contributed by atoms with Crippen molar-refractivity contribution in [3.05, 3.63) is 58.5 Å². The van der Waals surface area contributed by atoms with Crippen LogP contribution in [-0.2, 0) is 17.6 Å². The van der Waals surface area contributed by atoms with Crippen molar-refractivity contribution in [3.63, 3.8) is 0 Å². The van der Waals surface area contributed by atoms with Gasteiger partial charge in [0, 0.05) is 17.5 Å². The molecular formula is C18H18N2O4. The van der Waals surface area contributed by atoms with Gasteiger partial charge >= 0.3 is 5.97 Å². The van der Waals surface area contributed by atoms with E-state index in [9.17, 15) is 14.7 Å². The van der Waals surface area contributed by atoms with Gasteiger partial charge in [-0.2, -0.15) is 5.10 Å². The third-order valence-electron chi connectivity index (χ3n) is 4.04. The molecule has 0 saturated heterocycles. The number of hydrogen-bond donors (Lipinski definition) is 2. The molecule has 0 atom stereocenters. The molecule has 6 nitrogen and oxygen atoms in total. The Labute approximate surface area is 139 Å². The molecule has 1 aromatic heterocycles. The van der Waals surface area contributed by atoms with Crippen LogP contribution in [0, 0.1) is 6.92 Å². The molecule has 1 amide bonds. The fraction of sp³-hybridized carbons (Fsp3) is 0.278. The molecule has 1 aliphatic rings. The predicted octanol–water partition coefficient (Wildman–Crippen LogP) is 2.69. The van der Waals surface area contributed by atoms with Crippen molar-refractivity contribution in [3.8, 4) is 0 Å². The van der Waals surface area contributed by atoms with Crippen molar-refractivity contribution in [2.75, 3.05) is 0 Å². The van der Waals surface area contributed by atoms with E-state index in [2.05, 4.69) is 10.5 Å². The van der Waals surface area contributed by atoms with Crippen LogP contribution in [0.1, 0.15) is 45.8 Å².